The molecule has 0 saturated carbocycles. The Labute approximate surface area is 155 Å². The second kappa shape index (κ2) is 7.10. The van der Waals surface area contributed by atoms with Crippen molar-refractivity contribution in [2.24, 2.45) is 7.05 Å². The molecule has 0 unspecified atom stereocenters. The molecule has 1 spiro atoms. The molecular weight excluding hydrogens is 328 g/mol. The number of hydrogen-bond donors (Lipinski definition) is 0. The van der Waals surface area contributed by atoms with E-state index in [2.05, 4.69) is 21.0 Å². The summed E-state index contributed by atoms with van der Waals surface area (Å²) in [5.41, 5.74) is 4.34. The van der Waals surface area contributed by atoms with E-state index in [-0.39, 0.29) is 11.7 Å². The van der Waals surface area contributed by atoms with Crippen LogP contribution < -0.4 is 0 Å². The van der Waals surface area contributed by atoms with Crippen LogP contribution in [0.4, 0.5) is 0 Å². The molecule has 6 nitrogen and oxygen atoms in total. The van der Waals surface area contributed by atoms with Crippen LogP contribution in [0.2, 0.25) is 0 Å². The topological polar surface area (TPSA) is 52.4 Å². The van der Waals surface area contributed by atoms with E-state index in [4.69, 9.17) is 9.47 Å². The highest BCUT2D eigenvalue weighted by atomic mass is 16.5. The molecule has 0 N–H and O–H groups in total. The van der Waals surface area contributed by atoms with Crippen molar-refractivity contribution in [3.63, 3.8) is 0 Å². The molecule has 4 rings (SSSR count). The third-order valence-corrected chi connectivity index (χ3v) is 5.37. The lowest BCUT2D eigenvalue weighted by Gasteiger charge is -2.53. The summed E-state index contributed by atoms with van der Waals surface area (Å²) in [6, 6.07) is 8.24. The number of nitrogens with zero attached hydrogens (tertiary/aromatic N) is 4. The third kappa shape index (κ3) is 3.82. The van der Waals surface area contributed by atoms with Crippen LogP contribution in [0.15, 0.2) is 24.3 Å². The van der Waals surface area contributed by atoms with E-state index in [1.54, 1.807) is 0 Å². The average Bonchev–Trinajstić information content (AvgIpc) is 2.89. The summed E-state index contributed by atoms with van der Waals surface area (Å²) >= 11 is 0. The molecule has 2 aliphatic rings. The summed E-state index contributed by atoms with van der Waals surface area (Å²) in [5, 5.41) is 4.43. The Morgan fingerprint density at radius 3 is 2.85 bits per heavy atom. The third-order valence-electron chi connectivity index (χ3n) is 5.37. The summed E-state index contributed by atoms with van der Waals surface area (Å²) in [6.45, 7) is 8.29. The molecule has 1 atom stereocenters. The molecule has 2 aliphatic heterocycles. The van der Waals surface area contributed by atoms with Crippen molar-refractivity contribution in [2.75, 3.05) is 19.7 Å². The van der Waals surface area contributed by atoms with Crippen molar-refractivity contribution in [2.45, 2.75) is 51.5 Å². The summed E-state index contributed by atoms with van der Waals surface area (Å²) < 4.78 is 14.3. The Hall–Kier alpha value is -1.76. The van der Waals surface area contributed by atoms with E-state index in [9.17, 15) is 0 Å². The van der Waals surface area contributed by atoms with Crippen LogP contribution >= 0.6 is 0 Å². The maximum Gasteiger partial charge on any atom is 0.0959 e. The molecule has 26 heavy (non-hydrogen) atoms. The highest BCUT2D eigenvalue weighted by Crippen LogP contribution is 2.36. The van der Waals surface area contributed by atoms with Gasteiger partial charge in [0, 0.05) is 45.4 Å². The molecule has 6 heteroatoms. The Morgan fingerprint density at radius 2 is 2.12 bits per heavy atom. The normalized spacial score (nSPS) is 22.5. The molecule has 2 aromatic heterocycles. The number of likely N-dealkylation sites (tertiary alicyclic amines) is 1. The number of rotatable bonds is 5. The molecule has 0 radical (unpaired) electrons. The first kappa shape index (κ1) is 17.6. The van der Waals surface area contributed by atoms with Gasteiger partial charge in [-0.3, -0.25) is 14.6 Å². The fraction of sp³-hybridized carbons (Fsp3) is 0.600. The maximum atomic E-state index is 6.16. The van der Waals surface area contributed by atoms with Gasteiger partial charge in [-0.05, 0) is 38.5 Å². The zero-order valence-corrected chi connectivity index (χ0v) is 15.9. The van der Waals surface area contributed by atoms with Gasteiger partial charge in [0.15, 0.2) is 0 Å². The second-order valence-electron chi connectivity index (χ2n) is 7.77. The smallest absolute Gasteiger partial charge is 0.0959 e. The molecular formula is C20H28N4O2. The minimum absolute atomic E-state index is 0.0312. The summed E-state index contributed by atoms with van der Waals surface area (Å²) in [4.78, 5) is 6.96. The van der Waals surface area contributed by atoms with Gasteiger partial charge < -0.3 is 9.47 Å². The number of pyridine rings is 1. The molecule has 2 aromatic rings. The number of ether oxygens (including phenoxy) is 2. The second-order valence-corrected chi connectivity index (χ2v) is 7.77. The zero-order valence-electron chi connectivity index (χ0n) is 15.9. The zero-order chi connectivity index (χ0) is 18.1. The first-order chi connectivity index (χ1) is 12.5. The highest BCUT2D eigenvalue weighted by molar-refractivity contribution is 5.11. The molecule has 2 saturated heterocycles. The van der Waals surface area contributed by atoms with Crippen molar-refractivity contribution in [1.82, 2.24) is 19.7 Å². The summed E-state index contributed by atoms with van der Waals surface area (Å²) in [7, 11) is 2.01. The van der Waals surface area contributed by atoms with Crippen LogP contribution in [-0.4, -0.2) is 51.1 Å². The maximum absolute atomic E-state index is 6.16. The van der Waals surface area contributed by atoms with E-state index < -0.39 is 0 Å². The van der Waals surface area contributed by atoms with Crippen molar-refractivity contribution >= 4 is 0 Å². The van der Waals surface area contributed by atoms with E-state index in [0.29, 0.717) is 6.61 Å². The van der Waals surface area contributed by atoms with E-state index in [1.807, 2.05) is 43.8 Å². The van der Waals surface area contributed by atoms with Crippen LogP contribution in [0, 0.1) is 13.8 Å². The predicted molar refractivity (Wildman–Crippen MR) is 98.7 cm³/mol. The van der Waals surface area contributed by atoms with Crippen molar-refractivity contribution in [3.05, 3.63) is 47.0 Å². The fourth-order valence-corrected chi connectivity index (χ4v) is 4.15. The number of aromatic nitrogens is 3. The van der Waals surface area contributed by atoms with E-state index in [0.717, 1.165) is 56.2 Å². The van der Waals surface area contributed by atoms with Gasteiger partial charge in [0.25, 0.3) is 0 Å². The van der Waals surface area contributed by atoms with Crippen molar-refractivity contribution in [3.8, 4) is 0 Å². The lowest BCUT2D eigenvalue weighted by molar-refractivity contribution is -0.201. The molecule has 0 amide bonds. The van der Waals surface area contributed by atoms with Crippen LogP contribution in [-0.2, 0) is 29.7 Å². The molecule has 140 valence electrons. The van der Waals surface area contributed by atoms with Crippen molar-refractivity contribution in [1.29, 1.82) is 0 Å². The van der Waals surface area contributed by atoms with Crippen LogP contribution in [0.3, 0.4) is 0 Å². The predicted octanol–water partition coefficient (Wildman–Crippen LogP) is 2.38. The quantitative estimate of drug-likeness (QED) is 0.823. The minimum Gasteiger partial charge on any atom is -0.372 e. The summed E-state index contributed by atoms with van der Waals surface area (Å²) in [5.74, 6) is 0. The van der Waals surface area contributed by atoms with Gasteiger partial charge >= 0.3 is 0 Å². The van der Waals surface area contributed by atoms with Gasteiger partial charge in [-0.25, -0.2) is 0 Å². The first-order valence-corrected chi connectivity index (χ1v) is 9.41. The van der Waals surface area contributed by atoms with Crippen LogP contribution in [0.25, 0.3) is 0 Å². The number of aryl methyl sites for hydroxylation is 3. The lowest BCUT2D eigenvalue weighted by Crippen LogP contribution is -2.65. The Morgan fingerprint density at radius 1 is 1.27 bits per heavy atom. The number of hydrogen-bond acceptors (Lipinski definition) is 5. The molecule has 0 bridgehead atoms. The van der Waals surface area contributed by atoms with E-state index in [1.165, 1.54) is 5.69 Å². The van der Waals surface area contributed by atoms with Gasteiger partial charge in [0.1, 0.15) is 0 Å². The standard InChI is InChI=1S/C20H28N4O2/c1-15-5-4-6-17(21-15)12-25-19-7-8-26-20(10-19)13-24(14-20)11-18-9-16(2)22-23(18)3/h4-6,9,19H,7-8,10-14H2,1-3H3/t19-/m1/s1. The lowest BCUT2D eigenvalue weighted by atomic mass is 9.84. The highest BCUT2D eigenvalue weighted by Gasteiger charge is 2.47. The van der Waals surface area contributed by atoms with Crippen LogP contribution in [0.1, 0.15) is 35.6 Å². The SMILES string of the molecule is Cc1cccc(CO[C@@H]2CCOC3(C2)CN(Cc2cc(C)nn2C)C3)n1. The monoisotopic (exact) mass is 356 g/mol. The Bertz CT molecular complexity index is 767. The van der Waals surface area contributed by atoms with Crippen molar-refractivity contribution < 1.29 is 9.47 Å². The van der Waals surface area contributed by atoms with Gasteiger partial charge in [-0.1, -0.05) is 6.07 Å². The van der Waals surface area contributed by atoms with Gasteiger partial charge in [0.05, 0.1) is 35.4 Å². The molecule has 2 fully saturated rings. The van der Waals surface area contributed by atoms with E-state index >= 15 is 0 Å². The molecule has 0 aliphatic carbocycles. The van der Waals surface area contributed by atoms with Crippen LogP contribution in [0.5, 0.6) is 0 Å². The van der Waals surface area contributed by atoms with Gasteiger partial charge in [-0.15, -0.1) is 0 Å². The Balaban J connectivity index is 1.28. The minimum atomic E-state index is -0.0312. The molecule has 4 heterocycles. The fourth-order valence-electron chi connectivity index (χ4n) is 4.15. The largest absolute Gasteiger partial charge is 0.372 e. The van der Waals surface area contributed by atoms with Gasteiger partial charge in [-0.2, -0.15) is 5.10 Å². The first-order valence-electron chi connectivity index (χ1n) is 9.41. The van der Waals surface area contributed by atoms with Gasteiger partial charge in [0.2, 0.25) is 0 Å². The average molecular weight is 356 g/mol. The summed E-state index contributed by atoms with van der Waals surface area (Å²) in [6.07, 6.45) is 2.20. The Kier molecular flexibility index (Phi) is 4.82. The molecule has 0 aromatic carbocycles.